The minimum Gasteiger partial charge on any atom is -0.383 e. The summed E-state index contributed by atoms with van der Waals surface area (Å²) in [6, 6.07) is 7.76. The molecular weight excluding hydrogens is 356 g/mol. The number of amides is 1. The Bertz CT molecular complexity index is 1070. The predicted molar refractivity (Wildman–Crippen MR) is 108 cm³/mol. The molecule has 0 atom stereocenters. The molecule has 1 aliphatic carbocycles. The number of carbonyl (C=O) groups is 1. The lowest BCUT2D eigenvalue weighted by atomic mass is 9.94. The number of hydrogen-bond acceptors (Lipinski definition) is 4. The fraction of sp³-hybridized carbons (Fsp3) is 0.381. The van der Waals surface area contributed by atoms with Gasteiger partial charge in [-0.25, -0.2) is 4.68 Å². The summed E-state index contributed by atoms with van der Waals surface area (Å²) in [6.07, 6.45) is 7.49. The van der Waals surface area contributed by atoms with Gasteiger partial charge in [0.1, 0.15) is 6.54 Å². The highest BCUT2D eigenvalue weighted by molar-refractivity contribution is 6.01. The van der Waals surface area contributed by atoms with Gasteiger partial charge in [0.25, 0.3) is 5.56 Å². The number of carbonyl (C=O) groups excluding carboxylic acids is 1. The van der Waals surface area contributed by atoms with Crippen molar-refractivity contribution in [3.05, 3.63) is 58.1 Å². The minimum atomic E-state index is -0.262. The number of hydrogen-bond donors (Lipinski definition) is 1. The van der Waals surface area contributed by atoms with Crippen LogP contribution in [0.4, 0.5) is 5.69 Å². The largest absolute Gasteiger partial charge is 0.383 e. The number of methoxy groups -OCH3 is 1. The van der Waals surface area contributed by atoms with Gasteiger partial charge in [0.05, 0.1) is 24.0 Å². The number of nitrogens with zero attached hydrogens (tertiary/aromatic N) is 3. The summed E-state index contributed by atoms with van der Waals surface area (Å²) in [6.45, 7) is 1.27. The van der Waals surface area contributed by atoms with E-state index in [1.54, 1.807) is 13.3 Å². The lowest BCUT2D eigenvalue weighted by Gasteiger charge is -2.15. The second-order valence-electron chi connectivity index (χ2n) is 7.11. The summed E-state index contributed by atoms with van der Waals surface area (Å²) in [5, 5.41) is 8.08. The summed E-state index contributed by atoms with van der Waals surface area (Å²) < 4.78 is 8.50. The van der Waals surface area contributed by atoms with Gasteiger partial charge in [-0.3, -0.25) is 9.59 Å². The van der Waals surface area contributed by atoms with Crippen LogP contribution in [0.5, 0.6) is 0 Å². The number of rotatable bonds is 6. The molecule has 1 aromatic carbocycles. The highest BCUT2D eigenvalue weighted by Crippen LogP contribution is 2.24. The molecule has 0 unspecified atom stereocenters. The van der Waals surface area contributed by atoms with Crippen LogP contribution in [0.15, 0.2) is 41.5 Å². The lowest BCUT2D eigenvalue weighted by molar-refractivity contribution is -0.117. The van der Waals surface area contributed by atoms with E-state index in [4.69, 9.17) is 4.74 Å². The van der Waals surface area contributed by atoms with Crippen molar-refractivity contribution in [3.8, 4) is 0 Å². The molecule has 0 bridgehead atoms. The highest BCUT2D eigenvalue weighted by Gasteiger charge is 2.17. The first-order valence-corrected chi connectivity index (χ1v) is 9.62. The fourth-order valence-electron chi connectivity index (χ4n) is 3.82. The van der Waals surface area contributed by atoms with E-state index in [0.717, 1.165) is 59.9 Å². The number of anilines is 1. The first kappa shape index (κ1) is 18.4. The standard InChI is InChI=1S/C21H24N4O3/c1-28-12-11-24-10-9-17-18(7-4-8-19(17)24)23-20(26)14-25-21(27)16-6-3-2-5-15(16)13-22-25/h4,7-10,13H,2-3,5-6,11-12,14H2,1H3,(H,23,26). The van der Waals surface area contributed by atoms with Gasteiger partial charge in [-0.05, 0) is 49.4 Å². The molecule has 146 valence electrons. The number of nitrogens with one attached hydrogen (secondary N) is 1. The highest BCUT2D eigenvalue weighted by atomic mass is 16.5. The molecule has 2 heterocycles. The molecule has 1 amide bonds. The maximum atomic E-state index is 12.6. The van der Waals surface area contributed by atoms with Gasteiger partial charge < -0.3 is 14.6 Å². The summed E-state index contributed by atoms with van der Waals surface area (Å²) in [5.41, 5.74) is 3.45. The Balaban J connectivity index is 1.53. The zero-order chi connectivity index (χ0) is 19.5. The molecule has 0 aliphatic heterocycles. The Morgan fingerprint density at radius 2 is 2.11 bits per heavy atom. The molecule has 0 fully saturated rings. The molecule has 28 heavy (non-hydrogen) atoms. The Kier molecular flexibility index (Phi) is 5.25. The van der Waals surface area contributed by atoms with Crippen LogP contribution in [0.2, 0.25) is 0 Å². The average Bonchev–Trinajstić information content (AvgIpc) is 3.13. The van der Waals surface area contributed by atoms with Gasteiger partial charge in [0, 0.05) is 30.8 Å². The van der Waals surface area contributed by atoms with Crippen molar-refractivity contribution in [2.45, 2.75) is 38.8 Å². The van der Waals surface area contributed by atoms with E-state index in [9.17, 15) is 9.59 Å². The monoisotopic (exact) mass is 380 g/mol. The predicted octanol–water partition coefficient (Wildman–Crippen LogP) is 2.36. The third kappa shape index (κ3) is 3.57. The maximum absolute atomic E-state index is 12.6. The molecule has 4 rings (SSSR count). The molecule has 7 heteroatoms. The van der Waals surface area contributed by atoms with E-state index in [0.29, 0.717) is 6.61 Å². The third-order valence-electron chi connectivity index (χ3n) is 5.27. The van der Waals surface area contributed by atoms with Crippen molar-refractivity contribution < 1.29 is 9.53 Å². The normalized spacial score (nSPS) is 13.5. The van der Waals surface area contributed by atoms with Crippen molar-refractivity contribution in [1.82, 2.24) is 14.3 Å². The van der Waals surface area contributed by atoms with E-state index in [-0.39, 0.29) is 18.0 Å². The van der Waals surface area contributed by atoms with Gasteiger partial charge in [-0.1, -0.05) is 6.07 Å². The molecule has 1 aliphatic rings. The zero-order valence-corrected chi connectivity index (χ0v) is 16.0. The van der Waals surface area contributed by atoms with Gasteiger partial charge in [-0.2, -0.15) is 5.10 Å². The molecule has 2 aromatic heterocycles. The number of aryl methyl sites for hydroxylation is 1. The second kappa shape index (κ2) is 7.98. The van der Waals surface area contributed by atoms with Gasteiger partial charge in [0.15, 0.2) is 0 Å². The van der Waals surface area contributed by atoms with Crippen LogP contribution in [0.3, 0.4) is 0 Å². The average molecular weight is 380 g/mol. The molecule has 3 aromatic rings. The van der Waals surface area contributed by atoms with Crippen molar-refractivity contribution in [1.29, 1.82) is 0 Å². The van der Waals surface area contributed by atoms with Crippen LogP contribution >= 0.6 is 0 Å². The van der Waals surface area contributed by atoms with Crippen molar-refractivity contribution >= 4 is 22.5 Å². The van der Waals surface area contributed by atoms with Crippen molar-refractivity contribution in [2.24, 2.45) is 0 Å². The first-order chi connectivity index (χ1) is 13.7. The molecule has 0 saturated heterocycles. The van der Waals surface area contributed by atoms with Crippen LogP contribution in [0, 0.1) is 0 Å². The summed E-state index contributed by atoms with van der Waals surface area (Å²) in [7, 11) is 1.67. The van der Waals surface area contributed by atoms with Crippen LogP contribution in [-0.4, -0.2) is 34.0 Å². The zero-order valence-electron chi connectivity index (χ0n) is 16.0. The molecule has 1 N–H and O–H groups in total. The second-order valence-corrected chi connectivity index (χ2v) is 7.11. The molecule has 0 radical (unpaired) electrons. The van der Waals surface area contributed by atoms with E-state index in [2.05, 4.69) is 15.0 Å². The van der Waals surface area contributed by atoms with E-state index in [1.807, 2.05) is 30.5 Å². The maximum Gasteiger partial charge on any atom is 0.270 e. The molecular formula is C21H24N4O3. The lowest BCUT2D eigenvalue weighted by Crippen LogP contribution is -2.33. The van der Waals surface area contributed by atoms with Gasteiger partial charge >= 0.3 is 0 Å². The topological polar surface area (TPSA) is 78.2 Å². The number of benzene rings is 1. The SMILES string of the molecule is COCCn1ccc2c(NC(=O)Cn3ncc4c(c3=O)CCCC4)cccc21. The van der Waals surface area contributed by atoms with Gasteiger partial charge in [0.2, 0.25) is 5.91 Å². The van der Waals surface area contributed by atoms with Crippen LogP contribution in [-0.2, 0) is 35.5 Å². The summed E-state index contributed by atoms with van der Waals surface area (Å²) >= 11 is 0. The number of aromatic nitrogens is 3. The van der Waals surface area contributed by atoms with E-state index in [1.165, 1.54) is 4.68 Å². The van der Waals surface area contributed by atoms with Gasteiger partial charge in [-0.15, -0.1) is 0 Å². The summed E-state index contributed by atoms with van der Waals surface area (Å²) in [5.74, 6) is -0.262. The Hall–Kier alpha value is -2.93. The minimum absolute atomic E-state index is 0.0904. The molecule has 7 nitrogen and oxygen atoms in total. The quantitative estimate of drug-likeness (QED) is 0.712. The number of fused-ring (bicyclic) bond motifs is 2. The Labute approximate surface area is 162 Å². The van der Waals surface area contributed by atoms with Crippen LogP contribution in [0.1, 0.15) is 24.0 Å². The fourth-order valence-corrected chi connectivity index (χ4v) is 3.82. The van der Waals surface area contributed by atoms with E-state index < -0.39 is 0 Å². The Morgan fingerprint density at radius 3 is 2.96 bits per heavy atom. The van der Waals surface area contributed by atoms with Crippen molar-refractivity contribution in [3.63, 3.8) is 0 Å². The van der Waals surface area contributed by atoms with E-state index >= 15 is 0 Å². The first-order valence-electron chi connectivity index (χ1n) is 9.62. The van der Waals surface area contributed by atoms with Crippen molar-refractivity contribution in [2.75, 3.05) is 19.0 Å². The number of ether oxygens (including phenoxy) is 1. The molecule has 0 saturated carbocycles. The smallest absolute Gasteiger partial charge is 0.270 e. The van der Waals surface area contributed by atoms with Crippen LogP contribution < -0.4 is 10.9 Å². The Morgan fingerprint density at radius 1 is 1.25 bits per heavy atom. The third-order valence-corrected chi connectivity index (χ3v) is 5.27. The van der Waals surface area contributed by atoms with Crippen LogP contribution in [0.25, 0.3) is 10.9 Å². The summed E-state index contributed by atoms with van der Waals surface area (Å²) in [4.78, 5) is 25.2. The molecule has 0 spiro atoms.